The molecule has 2 aromatic rings. The molecule has 0 amide bonds. The molecular weight excluding hydrogens is 236 g/mol. The van der Waals surface area contributed by atoms with E-state index in [0.717, 1.165) is 30.9 Å². The van der Waals surface area contributed by atoms with E-state index in [1.165, 1.54) is 5.56 Å². The first-order valence-corrected chi connectivity index (χ1v) is 6.70. The molecule has 4 nitrogen and oxygen atoms in total. The summed E-state index contributed by atoms with van der Waals surface area (Å²) in [7, 11) is 4.08. The molecule has 19 heavy (non-hydrogen) atoms. The third-order valence-electron chi connectivity index (χ3n) is 3.06. The van der Waals surface area contributed by atoms with Crippen molar-refractivity contribution in [3.8, 4) is 0 Å². The molecule has 0 fully saturated rings. The first kappa shape index (κ1) is 13.5. The summed E-state index contributed by atoms with van der Waals surface area (Å²) >= 11 is 0. The Kier molecular flexibility index (Phi) is 4.44. The maximum atomic E-state index is 4.18. The lowest BCUT2D eigenvalue weighted by molar-refractivity contribution is 0.681. The molecule has 0 aliphatic rings. The van der Waals surface area contributed by atoms with Gasteiger partial charge in [-0.25, -0.2) is 0 Å². The number of hydrogen-bond donors (Lipinski definition) is 1. The van der Waals surface area contributed by atoms with Gasteiger partial charge in [0, 0.05) is 45.8 Å². The van der Waals surface area contributed by atoms with Crippen molar-refractivity contribution in [3.05, 3.63) is 42.5 Å². The van der Waals surface area contributed by atoms with Crippen molar-refractivity contribution in [3.63, 3.8) is 0 Å². The quantitative estimate of drug-likeness (QED) is 0.864. The van der Waals surface area contributed by atoms with Crippen molar-refractivity contribution in [2.24, 2.45) is 0 Å². The maximum Gasteiger partial charge on any atom is 0.0766 e. The number of rotatable bonds is 6. The minimum atomic E-state index is 0.823. The zero-order chi connectivity index (χ0) is 13.7. The summed E-state index contributed by atoms with van der Waals surface area (Å²) in [6, 6.07) is 4.18. The van der Waals surface area contributed by atoms with Gasteiger partial charge < -0.3 is 14.8 Å². The van der Waals surface area contributed by atoms with Crippen molar-refractivity contribution in [1.82, 2.24) is 9.55 Å². The Balaban J connectivity index is 2.01. The lowest BCUT2D eigenvalue weighted by Gasteiger charge is -2.17. The van der Waals surface area contributed by atoms with Crippen LogP contribution in [-0.4, -0.2) is 23.6 Å². The van der Waals surface area contributed by atoms with Crippen molar-refractivity contribution in [2.75, 3.05) is 24.3 Å². The van der Waals surface area contributed by atoms with E-state index in [0.29, 0.717) is 0 Å². The van der Waals surface area contributed by atoms with Crippen molar-refractivity contribution in [1.29, 1.82) is 0 Å². The Morgan fingerprint density at radius 3 is 2.89 bits per heavy atom. The molecule has 2 heterocycles. The van der Waals surface area contributed by atoms with Crippen LogP contribution in [0.1, 0.15) is 18.9 Å². The number of anilines is 2. The van der Waals surface area contributed by atoms with E-state index >= 15 is 0 Å². The summed E-state index contributed by atoms with van der Waals surface area (Å²) in [4.78, 5) is 6.27. The van der Waals surface area contributed by atoms with Gasteiger partial charge >= 0.3 is 0 Å². The first-order chi connectivity index (χ1) is 9.20. The Morgan fingerprint density at radius 2 is 2.16 bits per heavy atom. The molecule has 0 atom stereocenters. The smallest absolute Gasteiger partial charge is 0.0766 e. The highest BCUT2D eigenvalue weighted by Gasteiger charge is 2.04. The van der Waals surface area contributed by atoms with Gasteiger partial charge in [0.1, 0.15) is 0 Å². The van der Waals surface area contributed by atoms with E-state index in [4.69, 9.17) is 0 Å². The topological polar surface area (TPSA) is 33.1 Å². The van der Waals surface area contributed by atoms with Crippen molar-refractivity contribution < 1.29 is 0 Å². The van der Waals surface area contributed by atoms with Gasteiger partial charge in [-0.2, -0.15) is 0 Å². The molecule has 2 rings (SSSR count). The Hall–Kier alpha value is -1.97. The Bertz CT molecular complexity index is 516. The predicted octanol–water partition coefficient (Wildman–Crippen LogP) is 2.97. The number of nitrogens with one attached hydrogen (secondary N) is 1. The second-order valence-corrected chi connectivity index (χ2v) is 4.90. The average Bonchev–Trinajstić information content (AvgIpc) is 2.85. The molecule has 0 aromatic carbocycles. The molecule has 0 aliphatic carbocycles. The molecule has 0 spiro atoms. The van der Waals surface area contributed by atoms with Crippen LogP contribution in [0.5, 0.6) is 0 Å². The van der Waals surface area contributed by atoms with Crippen LogP contribution >= 0.6 is 0 Å². The van der Waals surface area contributed by atoms with Gasteiger partial charge in [0.25, 0.3) is 0 Å². The van der Waals surface area contributed by atoms with Crippen LogP contribution in [0, 0.1) is 0 Å². The van der Waals surface area contributed by atoms with E-state index in [9.17, 15) is 0 Å². The van der Waals surface area contributed by atoms with Gasteiger partial charge in [-0.1, -0.05) is 6.92 Å². The Morgan fingerprint density at radius 1 is 1.32 bits per heavy atom. The molecule has 0 aliphatic heterocycles. The lowest BCUT2D eigenvalue weighted by atomic mass is 10.3. The minimum absolute atomic E-state index is 0.823. The Labute approximate surface area is 115 Å². The van der Waals surface area contributed by atoms with Gasteiger partial charge in [-0.3, -0.25) is 4.98 Å². The van der Waals surface area contributed by atoms with Crippen LogP contribution in [0.25, 0.3) is 0 Å². The predicted molar refractivity (Wildman–Crippen MR) is 80.6 cm³/mol. The zero-order valence-corrected chi connectivity index (χ0v) is 11.9. The fraction of sp³-hybridized carbons (Fsp3) is 0.400. The van der Waals surface area contributed by atoms with Crippen LogP contribution in [0.4, 0.5) is 11.4 Å². The summed E-state index contributed by atoms with van der Waals surface area (Å²) in [6.07, 6.45) is 9.18. The summed E-state index contributed by atoms with van der Waals surface area (Å²) in [5.74, 6) is 0. The van der Waals surface area contributed by atoms with Gasteiger partial charge in [0.15, 0.2) is 0 Å². The molecule has 0 radical (unpaired) electrons. The largest absolute Gasteiger partial charge is 0.378 e. The number of pyridine rings is 1. The minimum Gasteiger partial charge on any atom is -0.378 e. The van der Waals surface area contributed by atoms with Gasteiger partial charge in [0.05, 0.1) is 17.6 Å². The number of aromatic nitrogens is 2. The molecule has 102 valence electrons. The molecule has 0 unspecified atom stereocenters. The van der Waals surface area contributed by atoms with E-state index in [-0.39, 0.29) is 0 Å². The molecule has 1 N–H and O–H groups in total. The first-order valence-electron chi connectivity index (χ1n) is 6.70. The van der Waals surface area contributed by atoms with E-state index < -0.39 is 0 Å². The van der Waals surface area contributed by atoms with Gasteiger partial charge in [0.2, 0.25) is 0 Å². The number of hydrogen-bond acceptors (Lipinski definition) is 3. The van der Waals surface area contributed by atoms with E-state index in [2.05, 4.69) is 45.2 Å². The lowest BCUT2D eigenvalue weighted by Crippen LogP contribution is -2.12. The summed E-state index contributed by atoms with van der Waals surface area (Å²) in [5.41, 5.74) is 3.51. The highest BCUT2D eigenvalue weighted by molar-refractivity contribution is 5.68. The monoisotopic (exact) mass is 258 g/mol. The summed E-state index contributed by atoms with van der Waals surface area (Å²) < 4.78 is 2.23. The fourth-order valence-electron chi connectivity index (χ4n) is 2.10. The van der Waals surface area contributed by atoms with Gasteiger partial charge in [-0.15, -0.1) is 0 Å². The standard InChI is InChI=1S/C15H22N4/c1-4-8-19-9-6-13(12-19)10-17-14-11-16-7-5-15(14)18(2)3/h5-7,9,11-12,17H,4,8,10H2,1-3H3. The van der Waals surface area contributed by atoms with Crippen LogP contribution in [0.15, 0.2) is 36.9 Å². The third kappa shape index (κ3) is 3.50. The molecular formula is C15H22N4. The van der Waals surface area contributed by atoms with Crippen molar-refractivity contribution >= 4 is 11.4 Å². The highest BCUT2D eigenvalue weighted by Crippen LogP contribution is 2.22. The third-order valence-corrected chi connectivity index (χ3v) is 3.06. The summed E-state index contributed by atoms with van der Waals surface area (Å²) in [5, 5.41) is 3.45. The van der Waals surface area contributed by atoms with Crippen LogP contribution in [0.3, 0.4) is 0 Å². The van der Waals surface area contributed by atoms with Crippen LogP contribution in [0.2, 0.25) is 0 Å². The number of aryl methyl sites for hydroxylation is 1. The highest BCUT2D eigenvalue weighted by atomic mass is 15.1. The molecule has 4 heteroatoms. The van der Waals surface area contributed by atoms with Crippen molar-refractivity contribution in [2.45, 2.75) is 26.4 Å². The zero-order valence-electron chi connectivity index (χ0n) is 11.9. The van der Waals surface area contributed by atoms with Crippen LogP contribution in [-0.2, 0) is 13.1 Å². The normalized spacial score (nSPS) is 10.5. The average molecular weight is 258 g/mol. The van der Waals surface area contributed by atoms with E-state index in [1.54, 1.807) is 0 Å². The van der Waals surface area contributed by atoms with Gasteiger partial charge in [-0.05, 0) is 24.1 Å². The molecule has 0 saturated carbocycles. The van der Waals surface area contributed by atoms with Crippen LogP contribution < -0.4 is 10.2 Å². The van der Waals surface area contributed by atoms with E-state index in [1.807, 2.05) is 32.6 Å². The SMILES string of the molecule is CCCn1ccc(CNc2cnccc2N(C)C)c1. The summed E-state index contributed by atoms with van der Waals surface area (Å²) in [6.45, 7) is 4.09. The molecule has 0 bridgehead atoms. The molecule has 2 aromatic heterocycles. The second kappa shape index (κ2) is 6.27. The fourth-order valence-corrected chi connectivity index (χ4v) is 2.10. The maximum absolute atomic E-state index is 4.18. The second-order valence-electron chi connectivity index (χ2n) is 4.90. The number of nitrogens with zero attached hydrogens (tertiary/aromatic N) is 3. The molecule has 0 saturated heterocycles.